The summed E-state index contributed by atoms with van der Waals surface area (Å²) in [5.74, 6) is -6.36. The van der Waals surface area contributed by atoms with Crippen molar-refractivity contribution in [3.05, 3.63) is 0 Å². The molecule has 10 atom stereocenters. The summed E-state index contributed by atoms with van der Waals surface area (Å²) in [6, 6.07) is -3.32. The first-order valence-electron chi connectivity index (χ1n) is 21.2. The van der Waals surface area contributed by atoms with Gasteiger partial charge in [-0.2, -0.15) is 135 Å². The molecule has 0 spiro atoms. The summed E-state index contributed by atoms with van der Waals surface area (Å²) in [5.41, 5.74) is 14.3. The molecule has 0 aromatic rings. The van der Waals surface area contributed by atoms with Gasteiger partial charge in [-0.15, -0.1) is 0 Å². The Kier molecular flexibility index (Phi) is 107. The molecule has 25 nitrogen and oxygen atoms in total. The highest BCUT2D eigenvalue weighted by Crippen LogP contribution is 2.29. The predicted molar refractivity (Wildman–Crippen MR) is 352 cm³/mol. The van der Waals surface area contributed by atoms with Crippen molar-refractivity contribution < 1.29 is 107 Å². The van der Waals surface area contributed by atoms with E-state index in [1.807, 2.05) is 41.5 Å². The molecule has 0 saturated carbocycles. The number of carboxylic acids is 5. The molecule has 0 amide bonds. The van der Waals surface area contributed by atoms with E-state index < -0.39 is 103 Å². The third kappa shape index (κ3) is 68.1. The summed E-state index contributed by atoms with van der Waals surface area (Å²) in [6.07, 6.45) is -2.54. The van der Waals surface area contributed by atoms with Gasteiger partial charge in [-0.25, -0.2) is 4.79 Å². The lowest BCUT2D eigenvalue weighted by Gasteiger charge is -2.27. The molecule has 0 aromatic heterocycles. The van der Waals surface area contributed by atoms with Crippen LogP contribution in [0.5, 0.6) is 0 Å². The summed E-state index contributed by atoms with van der Waals surface area (Å²) < 4.78 is 49.2. The molecule has 79 heavy (non-hydrogen) atoms. The van der Waals surface area contributed by atoms with Gasteiger partial charge >= 0.3 is 37.4 Å². The number of carboxylic acid groups (broad SMARTS) is 5. The van der Waals surface area contributed by atoms with Crippen LogP contribution in [-0.4, -0.2) is 215 Å². The van der Waals surface area contributed by atoms with Crippen LogP contribution in [0.4, 0.5) is 12.9 Å². The lowest BCUT2D eigenvalue weighted by Crippen LogP contribution is -2.52. The van der Waals surface area contributed by atoms with Gasteiger partial charge in [0.1, 0.15) is 23.9 Å². The van der Waals surface area contributed by atoms with E-state index in [2.05, 4.69) is 10.3 Å². The predicted octanol–water partition coefficient (Wildman–Crippen LogP) is 0.207. The number of aliphatic hydroxyl groups is 4. The second-order valence-corrected chi connectivity index (χ2v) is 15.1. The Bertz CT molecular complexity index is 1410. The minimum absolute atomic E-state index is 0. The molecule has 0 aliphatic carbocycles. The zero-order chi connectivity index (χ0) is 56.0. The van der Waals surface area contributed by atoms with Gasteiger partial charge in [-0.05, 0) is 75.2 Å². The van der Waals surface area contributed by atoms with Gasteiger partial charge in [0, 0.05) is 40.5 Å². The van der Waals surface area contributed by atoms with E-state index in [-0.39, 0.29) is 154 Å². The average Bonchev–Trinajstić information content (AvgIpc) is 3.59. The van der Waals surface area contributed by atoms with Crippen LogP contribution in [0.25, 0.3) is 0 Å². The number of nitrogens with one attached hydrogen (secondary N) is 1. The van der Waals surface area contributed by atoms with Gasteiger partial charge in [0.15, 0.2) is 11.8 Å². The molecule has 1 fully saturated rings. The number of amidine groups is 1. The van der Waals surface area contributed by atoms with Gasteiger partial charge in [-0.3, -0.25) is 37.1 Å². The van der Waals surface area contributed by atoms with Crippen LogP contribution in [0.2, 0.25) is 0 Å². The van der Waals surface area contributed by atoms with Gasteiger partial charge in [-0.1, -0.05) is 13.8 Å². The molecule has 487 valence electrons. The Morgan fingerprint density at radius 2 is 1.15 bits per heavy atom. The SMILES string of the molecule is CC1=NC[C@H](O)[C@@H](C(=O)O)N1.CCOCC.CC[C@H](O)[C@H](C)C(=O)O.CC[C@H](O)[C@H](N)C(=O)O.COC(C)(C)OC.C[C@H](C(=O)O)[C@@H]1CN([B]C=O)C(C)(C)O1.FB(F)F.NC[C@H](O)[C@H](N)C(=O)O.S.S.S.S.S.S.S.S.S.S. The number of aliphatic imine (C=N–C) groups is 1. The van der Waals surface area contributed by atoms with Gasteiger partial charge in [0.2, 0.25) is 0 Å². The van der Waals surface area contributed by atoms with E-state index in [0.717, 1.165) is 13.2 Å². The van der Waals surface area contributed by atoms with Crippen molar-refractivity contribution in [3.63, 3.8) is 0 Å². The maximum Gasteiger partial charge on any atom is 0.762 e. The van der Waals surface area contributed by atoms with Crippen LogP contribution in [0, 0.1) is 11.8 Å². The van der Waals surface area contributed by atoms with E-state index in [0.29, 0.717) is 31.4 Å². The van der Waals surface area contributed by atoms with Crippen molar-refractivity contribution in [2.75, 3.05) is 47.1 Å². The van der Waals surface area contributed by atoms with Gasteiger partial charge < -0.3 is 97.0 Å². The van der Waals surface area contributed by atoms with Crippen LogP contribution >= 0.6 is 135 Å². The van der Waals surface area contributed by atoms with Crippen LogP contribution in [-0.2, 0) is 47.7 Å². The van der Waals surface area contributed by atoms with Crippen molar-refractivity contribution in [2.45, 2.75) is 149 Å². The fraction of sp³-hybridized carbons (Fsp3) is 0.821. The monoisotopic (exact) mass is 1360 g/mol. The summed E-state index contributed by atoms with van der Waals surface area (Å²) in [7, 11) is 0.946. The van der Waals surface area contributed by atoms with E-state index in [9.17, 15) is 41.7 Å². The number of nitrogens with two attached hydrogens (primary N) is 3. The maximum absolute atomic E-state index is 10.8. The lowest BCUT2D eigenvalue weighted by molar-refractivity contribution is -0.178. The third-order valence-electron chi connectivity index (χ3n) is 9.06. The molecular formula is C39H100B2F3N6O19S10. The second-order valence-electron chi connectivity index (χ2n) is 15.1. The Balaban J connectivity index is -0.0000000412. The number of aliphatic carboxylic acids is 5. The zero-order valence-corrected chi connectivity index (χ0v) is 56.8. The fourth-order valence-electron chi connectivity index (χ4n) is 4.09. The molecule has 0 unspecified atom stereocenters. The van der Waals surface area contributed by atoms with Crippen molar-refractivity contribution in [1.82, 2.24) is 10.1 Å². The topological polar surface area (TPSA) is 427 Å². The van der Waals surface area contributed by atoms with Crippen molar-refractivity contribution in [2.24, 2.45) is 34.0 Å². The number of hydrogen-bond donors (Lipinski definition) is 13. The first-order valence-corrected chi connectivity index (χ1v) is 21.2. The molecule has 2 rings (SSSR count). The number of carbonyl (C=O) groups is 6. The second kappa shape index (κ2) is 69.9. The number of methoxy groups -OCH3 is 2. The highest BCUT2D eigenvalue weighted by atomic mass is 32.1. The quantitative estimate of drug-likeness (QED) is 0.0495. The number of hydrogen-bond acceptors (Lipinski definition) is 20. The molecular weight excluding hydrogens is 1260 g/mol. The van der Waals surface area contributed by atoms with Crippen molar-refractivity contribution in [3.8, 4) is 0 Å². The molecule has 0 bridgehead atoms. The van der Waals surface area contributed by atoms with Crippen LogP contribution in [0.15, 0.2) is 4.99 Å². The van der Waals surface area contributed by atoms with E-state index >= 15 is 0 Å². The fourth-order valence-corrected chi connectivity index (χ4v) is 4.09. The largest absolute Gasteiger partial charge is 0.762 e. The third-order valence-corrected chi connectivity index (χ3v) is 9.06. The number of aliphatic hydroxyl groups excluding tert-OH is 4. The molecule has 16 N–H and O–H groups in total. The summed E-state index contributed by atoms with van der Waals surface area (Å²) in [5, 5.41) is 80.1. The normalized spacial score (nSPS) is 17.1. The lowest BCUT2D eigenvalue weighted by atomic mass is 9.91. The van der Waals surface area contributed by atoms with Crippen LogP contribution in [0.3, 0.4) is 0 Å². The Morgan fingerprint density at radius 1 is 0.785 bits per heavy atom. The highest BCUT2D eigenvalue weighted by molar-refractivity contribution is 7.60. The van der Waals surface area contributed by atoms with Crippen LogP contribution < -0.4 is 22.5 Å². The Morgan fingerprint density at radius 3 is 1.34 bits per heavy atom. The molecule has 40 heteroatoms. The Hall–Kier alpha value is -0.570. The molecule has 0 aromatic carbocycles. The highest BCUT2D eigenvalue weighted by Gasteiger charge is 2.43. The number of carbonyl (C=O) groups excluding carboxylic acids is 1. The summed E-state index contributed by atoms with van der Waals surface area (Å²) in [6.45, 7) is 21.6. The molecule has 1 saturated heterocycles. The first kappa shape index (κ1) is 121. The number of nitrogens with zero attached hydrogens (tertiary/aromatic N) is 2. The minimum atomic E-state index is -3.67. The smallest absolute Gasteiger partial charge is 0.481 e. The van der Waals surface area contributed by atoms with E-state index in [1.54, 1.807) is 46.7 Å². The number of rotatable bonds is 18. The van der Waals surface area contributed by atoms with E-state index in [4.69, 9.17) is 82.1 Å². The molecule has 2 aliphatic heterocycles. The summed E-state index contributed by atoms with van der Waals surface area (Å²) >= 11 is 0. The molecule has 2 aliphatic rings. The minimum Gasteiger partial charge on any atom is -0.481 e. The van der Waals surface area contributed by atoms with Gasteiger partial charge in [0.05, 0.1) is 54.8 Å². The zero-order valence-electron chi connectivity index (χ0n) is 46.8. The molecule has 2 heterocycles. The first-order chi connectivity index (χ1) is 31.5. The average molecular weight is 1360 g/mol. The summed E-state index contributed by atoms with van der Waals surface area (Å²) in [4.78, 5) is 67.3. The van der Waals surface area contributed by atoms with E-state index in [1.165, 1.54) is 14.3 Å². The van der Waals surface area contributed by atoms with Crippen molar-refractivity contribution in [1.29, 1.82) is 0 Å². The molecule has 1 radical (unpaired) electrons. The maximum atomic E-state index is 10.8. The van der Waals surface area contributed by atoms with Gasteiger partial charge in [0.25, 0.3) is 7.41 Å². The number of ether oxygens (including phenoxy) is 4. The Labute approximate surface area is 535 Å². The van der Waals surface area contributed by atoms with Crippen LogP contribution in [0.1, 0.15) is 89.0 Å². The van der Waals surface area contributed by atoms with Crippen molar-refractivity contribution >= 4 is 192 Å². The standard InChI is InChI=1S/C9H15BNO4.C6H10N2O3.C6H12O3.C5H11NO3.C5H12O2.C4H10N2O3.C4H10O.BF3.10H2S/c1-6(8(13)14)7-4-11(10-5-12)9(2,3)15-7;1-3-7-2-4(9)5(8-3)6(10)11;1-3-5(7)4(2)6(8)9;1-2-3(7)4(6)5(8)9;1-5(2,6-3)7-4;5-1-2(7)3(6)4(8)9;1-3-5-4-2;2-1(3)4;;;;;;;;;;/h5-7H,4H2,1-3H3,(H,13,14);4-5,9H,2H2,1H3,(H,7,8)(H,10,11);4-5,7H,3H2,1-2H3,(H,8,9);3-4,7H,2,6H2,1H3,(H,8,9);1-4H3;2-3,7H,1,5-6H2,(H,8,9);3-4H2,1-2H3;;10*1H2/t6-,7-;2*4-,5-;3-,4-;;2-,3-;;;;;;;;;;;;/m0000.0............/s1. The number of halogens is 3.